The number of carbonyl (C=O) groups is 1. The lowest BCUT2D eigenvalue weighted by atomic mass is 10.2. The molecule has 1 aromatic rings. The van der Waals surface area contributed by atoms with Crippen LogP contribution in [0.25, 0.3) is 0 Å². The molecule has 1 fully saturated rings. The van der Waals surface area contributed by atoms with E-state index in [-0.39, 0.29) is 18.1 Å². The standard InChI is InChI=1S/C14H19IN2O2/c1-10-7-17(8-11(2)19-10)9-14(18)16-13-6-4-3-5-12(13)15/h3-6,10-11H,7-9H2,1-2H3,(H,16,18)/p+1/t10-,11+. The number of hydrogen-bond acceptors (Lipinski definition) is 2. The molecule has 1 unspecified atom stereocenters. The lowest BCUT2D eigenvalue weighted by Gasteiger charge is -2.31. The zero-order valence-electron chi connectivity index (χ0n) is 11.3. The number of ether oxygens (including phenoxy) is 1. The van der Waals surface area contributed by atoms with Crippen molar-refractivity contribution in [1.29, 1.82) is 0 Å². The molecular formula is C14H20IN2O2+. The summed E-state index contributed by atoms with van der Waals surface area (Å²) in [6.07, 6.45) is 0.451. The van der Waals surface area contributed by atoms with Gasteiger partial charge in [-0.1, -0.05) is 12.1 Å². The van der Waals surface area contributed by atoms with E-state index in [1.165, 1.54) is 4.90 Å². The van der Waals surface area contributed by atoms with Crippen LogP contribution in [0.15, 0.2) is 24.3 Å². The summed E-state index contributed by atoms with van der Waals surface area (Å²) < 4.78 is 6.74. The molecule has 19 heavy (non-hydrogen) atoms. The Hall–Kier alpha value is -0.660. The first-order valence-corrected chi connectivity index (χ1v) is 7.66. The number of rotatable bonds is 3. The number of morpholine rings is 1. The Balaban J connectivity index is 1.89. The lowest BCUT2D eigenvalue weighted by Crippen LogP contribution is -3.16. The molecule has 1 aromatic carbocycles. The monoisotopic (exact) mass is 375 g/mol. The van der Waals surface area contributed by atoms with Gasteiger partial charge >= 0.3 is 0 Å². The van der Waals surface area contributed by atoms with Gasteiger partial charge in [0.15, 0.2) is 6.54 Å². The number of anilines is 1. The number of halogens is 1. The van der Waals surface area contributed by atoms with Crippen LogP contribution in [0.1, 0.15) is 13.8 Å². The van der Waals surface area contributed by atoms with Crippen LogP contribution in [0.3, 0.4) is 0 Å². The normalized spacial score (nSPS) is 27.0. The number of quaternary nitrogens is 1. The molecule has 2 rings (SSSR count). The second-order valence-corrected chi connectivity index (χ2v) is 6.28. The molecule has 1 saturated heterocycles. The highest BCUT2D eigenvalue weighted by atomic mass is 127. The van der Waals surface area contributed by atoms with Crippen molar-refractivity contribution < 1.29 is 14.4 Å². The molecule has 0 aromatic heterocycles. The van der Waals surface area contributed by atoms with Crippen molar-refractivity contribution in [3.05, 3.63) is 27.8 Å². The van der Waals surface area contributed by atoms with Crippen LogP contribution < -0.4 is 10.2 Å². The molecule has 0 radical (unpaired) electrons. The Morgan fingerprint density at radius 2 is 2.00 bits per heavy atom. The fourth-order valence-corrected chi connectivity index (χ4v) is 3.04. The van der Waals surface area contributed by atoms with E-state index >= 15 is 0 Å². The third-order valence-corrected chi connectivity index (χ3v) is 4.12. The van der Waals surface area contributed by atoms with Gasteiger partial charge in [-0.25, -0.2) is 0 Å². The fourth-order valence-electron chi connectivity index (χ4n) is 2.52. The maximum Gasteiger partial charge on any atom is 0.279 e. The van der Waals surface area contributed by atoms with Gasteiger partial charge in [-0.15, -0.1) is 0 Å². The first-order valence-electron chi connectivity index (χ1n) is 6.58. The van der Waals surface area contributed by atoms with Crippen LogP contribution in [0.2, 0.25) is 0 Å². The molecule has 3 atom stereocenters. The van der Waals surface area contributed by atoms with Gasteiger partial charge in [0.2, 0.25) is 0 Å². The highest BCUT2D eigenvalue weighted by molar-refractivity contribution is 14.1. The summed E-state index contributed by atoms with van der Waals surface area (Å²) in [6.45, 7) is 6.41. The molecule has 1 aliphatic rings. The summed E-state index contributed by atoms with van der Waals surface area (Å²) in [6, 6.07) is 7.82. The van der Waals surface area contributed by atoms with Crippen molar-refractivity contribution >= 4 is 34.2 Å². The molecule has 1 heterocycles. The summed E-state index contributed by atoms with van der Waals surface area (Å²) >= 11 is 2.23. The molecule has 0 saturated carbocycles. The summed E-state index contributed by atoms with van der Waals surface area (Å²) in [5, 5.41) is 2.98. The van der Waals surface area contributed by atoms with Gasteiger partial charge in [0.1, 0.15) is 25.3 Å². The molecule has 0 bridgehead atoms. The van der Waals surface area contributed by atoms with Crippen LogP contribution in [-0.2, 0) is 9.53 Å². The van der Waals surface area contributed by atoms with Crippen molar-refractivity contribution in [3.8, 4) is 0 Å². The number of carbonyl (C=O) groups excluding carboxylic acids is 1. The molecule has 4 nitrogen and oxygen atoms in total. The Morgan fingerprint density at radius 3 is 2.63 bits per heavy atom. The minimum atomic E-state index is 0.0698. The van der Waals surface area contributed by atoms with Crippen molar-refractivity contribution in [1.82, 2.24) is 0 Å². The van der Waals surface area contributed by atoms with Gasteiger partial charge < -0.3 is 15.0 Å². The summed E-state index contributed by atoms with van der Waals surface area (Å²) in [4.78, 5) is 13.4. The molecule has 0 spiro atoms. The Kier molecular flexibility index (Phi) is 5.18. The Bertz CT molecular complexity index is 443. The molecule has 0 aliphatic carbocycles. The van der Waals surface area contributed by atoms with Crippen molar-refractivity contribution in [2.45, 2.75) is 26.1 Å². The van der Waals surface area contributed by atoms with E-state index in [2.05, 4.69) is 41.8 Å². The SMILES string of the molecule is C[C@@H]1C[NH+](CC(=O)Nc2ccccc2I)C[C@H](C)O1. The first kappa shape index (κ1) is 14.7. The highest BCUT2D eigenvalue weighted by Gasteiger charge is 2.27. The first-order chi connectivity index (χ1) is 9.04. The van der Waals surface area contributed by atoms with E-state index < -0.39 is 0 Å². The van der Waals surface area contributed by atoms with Crippen molar-refractivity contribution in [2.75, 3.05) is 25.0 Å². The minimum absolute atomic E-state index is 0.0698. The largest absolute Gasteiger partial charge is 0.364 e. The number of para-hydroxylation sites is 1. The van der Waals surface area contributed by atoms with E-state index in [9.17, 15) is 4.79 Å². The number of amides is 1. The zero-order chi connectivity index (χ0) is 13.8. The molecule has 1 aliphatic heterocycles. The Morgan fingerprint density at radius 1 is 1.37 bits per heavy atom. The number of hydrogen-bond donors (Lipinski definition) is 2. The summed E-state index contributed by atoms with van der Waals surface area (Å²) in [7, 11) is 0. The third kappa shape index (κ3) is 4.43. The van der Waals surface area contributed by atoms with E-state index in [1.54, 1.807) is 0 Å². The summed E-state index contributed by atoms with van der Waals surface area (Å²) in [5.41, 5.74) is 0.891. The van der Waals surface area contributed by atoms with E-state index in [1.807, 2.05) is 24.3 Å². The van der Waals surface area contributed by atoms with Gasteiger partial charge in [-0.2, -0.15) is 0 Å². The van der Waals surface area contributed by atoms with Crippen LogP contribution in [0, 0.1) is 3.57 Å². The van der Waals surface area contributed by atoms with Crippen LogP contribution in [0.4, 0.5) is 5.69 Å². The van der Waals surface area contributed by atoms with Crippen LogP contribution in [-0.4, -0.2) is 37.7 Å². The maximum absolute atomic E-state index is 12.1. The van der Waals surface area contributed by atoms with Gasteiger partial charge in [-0.3, -0.25) is 4.79 Å². The van der Waals surface area contributed by atoms with E-state index in [0.29, 0.717) is 6.54 Å². The number of benzene rings is 1. The predicted molar refractivity (Wildman–Crippen MR) is 83.4 cm³/mol. The number of nitrogens with one attached hydrogen (secondary N) is 2. The van der Waals surface area contributed by atoms with Gasteiger partial charge in [0.05, 0.1) is 5.69 Å². The molecule has 5 heteroatoms. The van der Waals surface area contributed by atoms with Crippen molar-refractivity contribution in [2.24, 2.45) is 0 Å². The molecule has 1 amide bonds. The average molecular weight is 375 g/mol. The van der Waals surface area contributed by atoms with Crippen LogP contribution >= 0.6 is 22.6 Å². The van der Waals surface area contributed by atoms with E-state index in [4.69, 9.17) is 4.74 Å². The quantitative estimate of drug-likeness (QED) is 0.772. The fraction of sp³-hybridized carbons (Fsp3) is 0.500. The lowest BCUT2D eigenvalue weighted by molar-refractivity contribution is -0.907. The second kappa shape index (κ2) is 6.67. The van der Waals surface area contributed by atoms with Gasteiger partial charge in [0.25, 0.3) is 5.91 Å². The van der Waals surface area contributed by atoms with E-state index in [0.717, 1.165) is 22.3 Å². The Labute approximate surface area is 127 Å². The smallest absolute Gasteiger partial charge is 0.279 e. The predicted octanol–water partition coefficient (Wildman–Crippen LogP) is 0.922. The van der Waals surface area contributed by atoms with Crippen molar-refractivity contribution in [3.63, 3.8) is 0 Å². The summed E-state index contributed by atoms with van der Waals surface area (Å²) in [5.74, 6) is 0.0698. The third-order valence-electron chi connectivity index (χ3n) is 3.18. The highest BCUT2D eigenvalue weighted by Crippen LogP contribution is 2.16. The topological polar surface area (TPSA) is 42.8 Å². The molecule has 2 N–H and O–H groups in total. The molecular weight excluding hydrogens is 355 g/mol. The average Bonchev–Trinajstić information content (AvgIpc) is 2.30. The van der Waals surface area contributed by atoms with Crippen LogP contribution in [0.5, 0.6) is 0 Å². The minimum Gasteiger partial charge on any atom is -0.364 e. The molecule has 104 valence electrons. The van der Waals surface area contributed by atoms with Gasteiger partial charge in [0, 0.05) is 3.57 Å². The van der Waals surface area contributed by atoms with Gasteiger partial charge in [-0.05, 0) is 48.6 Å². The maximum atomic E-state index is 12.1. The second-order valence-electron chi connectivity index (χ2n) is 5.12. The zero-order valence-corrected chi connectivity index (χ0v) is 13.4.